The van der Waals surface area contributed by atoms with Gasteiger partial charge >= 0.3 is 0 Å². The molecule has 640 valence electrons. The van der Waals surface area contributed by atoms with Gasteiger partial charge in [0, 0.05) is 185 Å². The van der Waals surface area contributed by atoms with Crippen molar-refractivity contribution in [2.75, 3.05) is 139 Å². The summed E-state index contributed by atoms with van der Waals surface area (Å²) < 4.78 is 63.5. The number of pyridine rings is 8. The summed E-state index contributed by atoms with van der Waals surface area (Å²) in [6, 6.07) is 34.1. The minimum atomic E-state index is -0.982. The second-order valence-corrected chi connectivity index (χ2v) is 33.7. The van der Waals surface area contributed by atoms with Gasteiger partial charge in [0.25, 0.3) is 23.6 Å². The maximum absolute atomic E-state index is 14.2. The zero-order chi connectivity index (χ0) is 86.6. The molecular weight excluding hydrogens is 1580 g/mol. The van der Waals surface area contributed by atoms with Gasteiger partial charge in [-0.15, -0.1) is 0 Å². The Bertz CT molecular complexity index is 6870. The SMILES string of the molecule is CCNC(=O)c1cc2c(N3CCCN(C)CC3)ccnc2n2c1nc1ccc(C)cc12.CCNC(=O)c1cc2c(N3C[C@H](C)C[C@H](C)C3)ccnc2n2c1nc1cc(F)c(F)cc12.CCNC(=O)c1cc2c(N3C[C@H](C)C[C@H](C)C3)ccnc2n2c1nc1ccccc12.CNC(=O)c1cc2c(N3CCCN(C)CC3)ccnc2n2c1nc1cc(F)c(F)cc12. The predicted molar refractivity (Wildman–Crippen MR) is 483 cm³/mol. The Morgan fingerprint density at radius 2 is 0.694 bits per heavy atom. The Morgan fingerprint density at radius 3 is 1.07 bits per heavy atom. The van der Waals surface area contributed by atoms with E-state index in [4.69, 9.17) is 19.9 Å². The van der Waals surface area contributed by atoms with Crippen molar-refractivity contribution >= 4 is 157 Å². The van der Waals surface area contributed by atoms with Crippen LogP contribution in [-0.4, -0.2) is 210 Å². The molecule has 4 aromatic carbocycles. The van der Waals surface area contributed by atoms with E-state index in [1.165, 1.54) is 12.8 Å². The average molecular weight is 1680 g/mol. The van der Waals surface area contributed by atoms with Gasteiger partial charge in [-0.1, -0.05) is 45.9 Å². The molecule has 4 fully saturated rings. The van der Waals surface area contributed by atoms with Gasteiger partial charge in [0.05, 0.1) is 66.4 Å². The average Bonchev–Trinajstić information content (AvgIpc) is 1.57. The number of hydrogen-bond acceptors (Lipinski definition) is 18. The van der Waals surface area contributed by atoms with E-state index in [0.717, 1.165) is 199 Å². The molecule has 0 aliphatic carbocycles. The monoisotopic (exact) mass is 1680 g/mol. The Balaban J connectivity index is 0.000000117. The molecule has 16 heterocycles. The van der Waals surface area contributed by atoms with E-state index in [-0.39, 0.29) is 34.7 Å². The molecule has 4 aliphatic heterocycles. The van der Waals surface area contributed by atoms with E-state index < -0.39 is 23.3 Å². The van der Waals surface area contributed by atoms with Gasteiger partial charge in [-0.25, -0.2) is 57.4 Å². The number of benzene rings is 4. The van der Waals surface area contributed by atoms with E-state index in [2.05, 4.69) is 148 Å². The molecule has 30 heteroatoms. The fourth-order valence-electron chi connectivity index (χ4n) is 18.8. The number of para-hydroxylation sites is 2. The molecule has 0 radical (unpaired) electrons. The summed E-state index contributed by atoms with van der Waals surface area (Å²) >= 11 is 0. The van der Waals surface area contributed by atoms with E-state index in [0.29, 0.717) is 110 Å². The third-order valence-electron chi connectivity index (χ3n) is 24.3. The van der Waals surface area contributed by atoms with Crippen molar-refractivity contribution < 1.29 is 36.7 Å². The summed E-state index contributed by atoms with van der Waals surface area (Å²) in [4.78, 5) is 103. The van der Waals surface area contributed by atoms with Crippen LogP contribution in [-0.2, 0) is 0 Å². The number of rotatable bonds is 11. The zero-order valence-electron chi connectivity index (χ0n) is 71.7. The number of carbonyl (C=O) groups excluding carboxylic acids is 4. The third kappa shape index (κ3) is 15.8. The molecule has 0 unspecified atom stereocenters. The van der Waals surface area contributed by atoms with Crippen molar-refractivity contribution in [2.45, 2.75) is 81.1 Å². The fourth-order valence-corrected chi connectivity index (χ4v) is 18.8. The Labute approximate surface area is 713 Å². The molecule has 124 heavy (non-hydrogen) atoms. The van der Waals surface area contributed by atoms with Crippen LogP contribution in [0.5, 0.6) is 0 Å². The van der Waals surface area contributed by atoms with Crippen LogP contribution >= 0.6 is 0 Å². The van der Waals surface area contributed by atoms with Crippen molar-refractivity contribution in [1.82, 2.24) is 88.5 Å². The molecule has 20 rings (SSSR count). The van der Waals surface area contributed by atoms with Crippen molar-refractivity contribution in [1.29, 1.82) is 0 Å². The summed E-state index contributed by atoms with van der Waals surface area (Å²) in [6.07, 6.45) is 11.7. The number of fused-ring (bicyclic) bond motifs is 20. The van der Waals surface area contributed by atoms with E-state index in [1.807, 2.05) is 92.2 Å². The number of aromatic nitrogens is 12. The van der Waals surface area contributed by atoms with Gasteiger partial charge in [-0.2, -0.15) is 0 Å². The number of halogens is 4. The highest BCUT2D eigenvalue weighted by Gasteiger charge is 2.32. The smallest absolute Gasteiger partial charge is 0.255 e. The normalized spacial score (nSPS) is 17.5. The lowest BCUT2D eigenvalue weighted by atomic mass is 9.91. The van der Waals surface area contributed by atoms with E-state index in [1.54, 1.807) is 40.4 Å². The van der Waals surface area contributed by atoms with E-state index in [9.17, 15) is 36.7 Å². The predicted octanol–water partition coefficient (Wildman–Crippen LogP) is 14.9. The summed E-state index contributed by atoms with van der Waals surface area (Å²) in [5.74, 6) is -2.36. The highest BCUT2D eigenvalue weighted by molar-refractivity contribution is 6.12. The summed E-state index contributed by atoms with van der Waals surface area (Å²) in [7, 11) is 5.82. The number of imidazole rings is 4. The van der Waals surface area contributed by atoms with Gasteiger partial charge in [0.2, 0.25) is 0 Å². The number of piperidine rings is 2. The maximum atomic E-state index is 14.2. The maximum Gasteiger partial charge on any atom is 0.255 e. The second-order valence-electron chi connectivity index (χ2n) is 33.7. The standard InChI is InChI=1S/C24H25F2N5O.C24H28N6O.C24H27N5O.C22H22F2N6O/c1-4-27-24(32)16-8-15-20(30-11-13(2)7-14(3)12-30)5-6-28-22(15)31-21-10-18(26)17(25)9-19(21)29-23(16)31;1-4-25-24(31)18-15-17-20(29-11-5-10-28(3)12-13-29)8-9-26-22(17)30-21-14-16(2)6-7-19(21)27-23(18)30;1-4-25-24(30)18-12-17-20(28-13-15(2)11-16(3)14-28)9-10-26-22(17)29-21-8-6-5-7-19(21)27-23(18)29;1-25-22(31)14-10-13-18(29-7-3-6-28(2)8-9-29)4-5-26-20(13)30-19-12-16(24)15(23)11-17(19)27-21(14)30/h5-6,8-10,13-14H,4,7,11-12H2,1-3H3,(H,27,32);6-9,14-15H,4-5,10-13H2,1-3H3,(H,25,31);5-10,12,15-16H,4,11,13-14H2,1-3H3,(H,25,30);4-5,10-12H,3,6-9H2,1-2H3,(H,25,31)/t13-,14+;;15-,16+;. The first kappa shape index (κ1) is 83.3. The molecule has 4 saturated heterocycles. The van der Waals surface area contributed by atoms with Crippen LogP contribution in [0.15, 0.2) is 140 Å². The second kappa shape index (κ2) is 34.7. The zero-order valence-corrected chi connectivity index (χ0v) is 71.7. The summed E-state index contributed by atoms with van der Waals surface area (Å²) in [5, 5.41) is 14.9. The van der Waals surface area contributed by atoms with Crippen molar-refractivity contribution in [3.63, 3.8) is 0 Å². The minimum absolute atomic E-state index is 0.102. The Kier molecular flexibility index (Phi) is 23.3. The van der Waals surface area contributed by atoms with Crippen LogP contribution in [0.1, 0.15) is 121 Å². The van der Waals surface area contributed by atoms with Crippen molar-refractivity contribution in [3.05, 3.63) is 191 Å². The summed E-state index contributed by atoms with van der Waals surface area (Å²) in [5.41, 5.74) is 16.9. The third-order valence-corrected chi connectivity index (χ3v) is 24.3. The number of amides is 4. The van der Waals surface area contributed by atoms with Gasteiger partial charge in [0.15, 0.2) is 45.9 Å². The number of hydrogen-bond donors (Lipinski definition) is 4. The van der Waals surface area contributed by atoms with Crippen LogP contribution in [0.2, 0.25) is 0 Å². The molecule has 0 spiro atoms. The first-order valence-corrected chi connectivity index (χ1v) is 43.0. The fraction of sp³-hybridized carbons (Fsp3) is 0.362. The lowest BCUT2D eigenvalue weighted by Crippen LogP contribution is -2.38. The number of aryl methyl sites for hydroxylation is 1. The van der Waals surface area contributed by atoms with Crippen LogP contribution < -0.4 is 40.9 Å². The van der Waals surface area contributed by atoms with Gasteiger partial charge in [-0.3, -0.25) is 36.8 Å². The molecule has 12 aromatic heterocycles. The number of nitrogens with zero attached hydrogens (tertiary/aromatic N) is 18. The highest BCUT2D eigenvalue weighted by Crippen LogP contribution is 2.40. The largest absolute Gasteiger partial charge is 0.370 e. The van der Waals surface area contributed by atoms with Crippen LogP contribution in [0.4, 0.5) is 40.3 Å². The molecular formula is C94H102F4N22O4. The number of likely N-dealkylation sites (N-methyl/N-ethyl adjacent to an activating group) is 2. The minimum Gasteiger partial charge on any atom is -0.370 e. The quantitative estimate of drug-likeness (QED) is 0.0878. The molecule has 4 amide bonds. The van der Waals surface area contributed by atoms with Crippen LogP contribution in [0.25, 0.3) is 111 Å². The molecule has 0 saturated carbocycles. The lowest BCUT2D eigenvalue weighted by molar-refractivity contribution is 0.0948. The molecule has 26 nitrogen and oxygen atoms in total. The van der Waals surface area contributed by atoms with Crippen LogP contribution in [0.3, 0.4) is 0 Å². The molecule has 4 atom stereocenters. The van der Waals surface area contributed by atoms with Gasteiger partial charge in [0.1, 0.15) is 22.6 Å². The molecule has 4 aliphatic rings. The van der Waals surface area contributed by atoms with Crippen molar-refractivity contribution in [3.8, 4) is 0 Å². The van der Waals surface area contributed by atoms with Crippen molar-refractivity contribution in [2.24, 2.45) is 23.7 Å². The number of carbonyl (C=O) groups is 4. The van der Waals surface area contributed by atoms with Gasteiger partial charge in [-0.05, 0) is 183 Å². The molecule has 16 aromatic rings. The topological polar surface area (TPSA) is 257 Å². The Morgan fingerprint density at radius 1 is 0.363 bits per heavy atom. The first-order chi connectivity index (χ1) is 60.0. The summed E-state index contributed by atoms with van der Waals surface area (Å²) in [6.45, 7) is 30.0. The molecule has 0 bridgehead atoms. The number of anilines is 4. The Hall–Kier alpha value is -13.0. The van der Waals surface area contributed by atoms with E-state index >= 15 is 0 Å². The lowest BCUT2D eigenvalue weighted by Gasteiger charge is -2.37. The first-order valence-electron chi connectivity index (χ1n) is 43.0. The highest BCUT2D eigenvalue weighted by atomic mass is 19.2. The van der Waals surface area contributed by atoms with Crippen LogP contribution in [0, 0.1) is 53.9 Å². The number of nitrogens with one attached hydrogen (secondary N) is 4. The molecule has 4 N–H and O–H groups in total. The van der Waals surface area contributed by atoms with Gasteiger partial charge < -0.3 is 50.7 Å².